The molecule has 0 amide bonds. The molecule has 0 bridgehead atoms. The predicted octanol–water partition coefficient (Wildman–Crippen LogP) is 1.50. The van der Waals surface area contributed by atoms with Crippen LogP contribution >= 0.6 is 11.8 Å². The maximum absolute atomic E-state index is 4.46. The third-order valence-electron chi connectivity index (χ3n) is 2.60. The molecule has 2 aromatic rings. The molecule has 2 aromatic heterocycles. The first-order valence-electron chi connectivity index (χ1n) is 5.98. The Morgan fingerprint density at radius 3 is 3.00 bits per heavy atom. The molecule has 2 N–H and O–H groups in total. The summed E-state index contributed by atoms with van der Waals surface area (Å²) in [5.41, 5.74) is 2.29. The second kappa shape index (κ2) is 6.01. The molecule has 0 aromatic carbocycles. The molecule has 0 saturated carbocycles. The summed E-state index contributed by atoms with van der Waals surface area (Å²) in [5.74, 6) is 0. The monoisotopic (exact) mass is 266 g/mol. The second-order valence-corrected chi connectivity index (χ2v) is 5.04. The van der Waals surface area contributed by atoms with Crippen LogP contribution in [0, 0.1) is 6.92 Å². The van der Waals surface area contributed by atoms with Gasteiger partial charge >= 0.3 is 0 Å². The molecule has 0 spiro atoms. The van der Waals surface area contributed by atoms with Gasteiger partial charge in [-0.25, -0.2) is 4.98 Å². The molecule has 18 heavy (non-hydrogen) atoms. The number of aromatic amines is 1. The van der Waals surface area contributed by atoms with Crippen molar-refractivity contribution >= 4 is 11.8 Å². The highest BCUT2D eigenvalue weighted by Crippen LogP contribution is 2.28. The normalized spacial score (nSPS) is 11.1. The average molecular weight is 266 g/mol. The Hall–Kier alpha value is -1.34. The van der Waals surface area contributed by atoms with Crippen LogP contribution in [0.25, 0.3) is 0 Å². The van der Waals surface area contributed by atoms with Crippen LogP contribution in [0.4, 0.5) is 0 Å². The van der Waals surface area contributed by atoms with Gasteiger partial charge in [-0.15, -0.1) is 0 Å². The van der Waals surface area contributed by atoms with E-state index in [1.807, 2.05) is 18.7 Å². The molecular formula is C11H18N6S. The van der Waals surface area contributed by atoms with E-state index in [2.05, 4.69) is 32.5 Å². The smallest absolute Gasteiger partial charge is 0.189 e. The van der Waals surface area contributed by atoms with E-state index in [0.717, 1.165) is 35.4 Å². The molecule has 2 heterocycles. The zero-order valence-electron chi connectivity index (χ0n) is 10.9. The van der Waals surface area contributed by atoms with Gasteiger partial charge in [-0.1, -0.05) is 6.92 Å². The topological polar surface area (TPSA) is 71.4 Å². The van der Waals surface area contributed by atoms with E-state index in [-0.39, 0.29) is 0 Å². The standard InChI is InChI=1S/C11H18N6S/c1-4-5-12-6-9-8(2)16-17(3)10(9)18-11-13-7-14-15-11/h7,12H,4-6H2,1-3H3,(H,13,14,15). The first-order chi connectivity index (χ1) is 8.72. The fourth-order valence-electron chi connectivity index (χ4n) is 1.74. The number of hydrogen-bond acceptors (Lipinski definition) is 5. The maximum Gasteiger partial charge on any atom is 0.189 e. The number of hydrogen-bond donors (Lipinski definition) is 2. The number of nitrogens with zero attached hydrogens (tertiary/aromatic N) is 4. The zero-order valence-corrected chi connectivity index (χ0v) is 11.7. The molecular weight excluding hydrogens is 248 g/mol. The van der Waals surface area contributed by atoms with Gasteiger partial charge in [0.15, 0.2) is 5.16 Å². The van der Waals surface area contributed by atoms with Crippen LogP contribution < -0.4 is 5.32 Å². The lowest BCUT2D eigenvalue weighted by Crippen LogP contribution is -2.14. The molecule has 6 nitrogen and oxygen atoms in total. The lowest BCUT2D eigenvalue weighted by Gasteiger charge is -2.05. The molecule has 0 aliphatic heterocycles. The summed E-state index contributed by atoms with van der Waals surface area (Å²) in [6.45, 7) is 6.05. The third-order valence-corrected chi connectivity index (χ3v) is 3.70. The van der Waals surface area contributed by atoms with Gasteiger partial charge in [0.25, 0.3) is 0 Å². The summed E-state index contributed by atoms with van der Waals surface area (Å²) in [6.07, 6.45) is 2.64. The summed E-state index contributed by atoms with van der Waals surface area (Å²) in [6, 6.07) is 0. The Bertz CT molecular complexity index is 490. The van der Waals surface area contributed by atoms with Crippen molar-refractivity contribution in [2.24, 2.45) is 7.05 Å². The van der Waals surface area contributed by atoms with E-state index >= 15 is 0 Å². The Balaban J connectivity index is 2.17. The largest absolute Gasteiger partial charge is 0.313 e. The van der Waals surface area contributed by atoms with Gasteiger partial charge < -0.3 is 5.32 Å². The highest BCUT2D eigenvalue weighted by molar-refractivity contribution is 7.99. The highest BCUT2D eigenvalue weighted by Gasteiger charge is 2.15. The van der Waals surface area contributed by atoms with Crippen molar-refractivity contribution in [1.82, 2.24) is 30.3 Å². The van der Waals surface area contributed by atoms with E-state index in [0.29, 0.717) is 0 Å². The molecule has 7 heteroatoms. The second-order valence-electron chi connectivity index (χ2n) is 4.06. The summed E-state index contributed by atoms with van der Waals surface area (Å²) in [5, 5.41) is 16.5. The fourth-order valence-corrected chi connectivity index (χ4v) is 2.63. The van der Waals surface area contributed by atoms with Gasteiger partial charge in [-0.05, 0) is 31.7 Å². The van der Waals surface area contributed by atoms with Crippen molar-refractivity contribution < 1.29 is 0 Å². The molecule has 0 aliphatic carbocycles. The van der Waals surface area contributed by atoms with Crippen LogP contribution in [0.3, 0.4) is 0 Å². The van der Waals surface area contributed by atoms with Gasteiger partial charge in [0, 0.05) is 19.2 Å². The summed E-state index contributed by atoms with van der Waals surface area (Å²) in [4.78, 5) is 4.13. The lowest BCUT2D eigenvalue weighted by atomic mass is 10.2. The first-order valence-corrected chi connectivity index (χ1v) is 6.80. The predicted molar refractivity (Wildman–Crippen MR) is 70.4 cm³/mol. The van der Waals surface area contributed by atoms with Crippen molar-refractivity contribution in [3.05, 3.63) is 17.6 Å². The Kier molecular flexibility index (Phi) is 4.38. The molecule has 0 radical (unpaired) electrons. The zero-order chi connectivity index (χ0) is 13.0. The van der Waals surface area contributed by atoms with E-state index in [9.17, 15) is 0 Å². The molecule has 0 saturated heterocycles. The number of rotatable bonds is 6. The minimum atomic E-state index is 0.787. The minimum Gasteiger partial charge on any atom is -0.313 e. The fraction of sp³-hybridized carbons (Fsp3) is 0.545. The molecule has 2 rings (SSSR count). The Morgan fingerprint density at radius 1 is 1.50 bits per heavy atom. The third kappa shape index (κ3) is 2.91. The minimum absolute atomic E-state index is 0.787. The van der Waals surface area contributed by atoms with Crippen molar-refractivity contribution in [2.75, 3.05) is 6.54 Å². The SMILES string of the molecule is CCCNCc1c(C)nn(C)c1Sc1ncn[nH]1. The van der Waals surface area contributed by atoms with Crippen LogP contribution in [0.5, 0.6) is 0 Å². The van der Waals surface area contributed by atoms with E-state index in [4.69, 9.17) is 0 Å². The first kappa shape index (κ1) is 13.1. The Morgan fingerprint density at radius 2 is 2.33 bits per heavy atom. The van der Waals surface area contributed by atoms with Gasteiger partial charge in [0.1, 0.15) is 11.4 Å². The van der Waals surface area contributed by atoms with Crippen LogP contribution in [0.2, 0.25) is 0 Å². The summed E-state index contributed by atoms with van der Waals surface area (Å²) in [7, 11) is 1.95. The van der Waals surface area contributed by atoms with Crippen LogP contribution in [-0.2, 0) is 13.6 Å². The molecule has 0 aliphatic rings. The van der Waals surface area contributed by atoms with Crippen LogP contribution in [-0.4, -0.2) is 31.5 Å². The van der Waals surface area contributed by atoms with Crippen molar-refractivity contribution in [1.29, 1.82) is 0 Å². The molecule has 0 fully saturated rings. The van der Waals surface area contributed by atoms with Gasteiger partial charge in [-0.3, -0.25) is 9.78 Å². The number of nitrogens with one attached hydrogen (secondary N) is 2. The lowest BCUT2D eigenvalue weighted by molar-refractivity contribution is 0.652. The van der Waals surface area contributed by atoms with E-state index in [1.54, 1.807) is 11.8 Å². The number of aryl methyl sites for hydroxylation is 2. The number of H-pyrrole nitrogens is 1. The van der Waals surface area contributed by atoms with E-state index < -0.39 is 0 Å². The summed E-state index contributed by atoms with van der Waals surface area (Å²) < 4.78 is 1.89. The summed E-state index contributed by atoms with van der Waals surface area (Å²) >= 11 is 1.56. The molecule has 0 atom stereocenters. The maximum atomic E-state index is 4.46. The van der Waals surface area contributed by atoms with Gasteiger partial charge in [0.2, 0.25) is 0 Å². The van der Waals surface area contributed by atoms with Crippen LogP contribution in [0.15, 0.2) is 16.5 Å². The molecule has 0 unspecified atom stereocenters. The van der Waals surface area contributed by atoms with Crippen molar-refractivity contribution in [3.63, 3.8) is 0 Å². The quantitative estimate of drug-likeness (QED) is 0.775. The number of aromatic nitrogens is 5. The van der Waals surface area contributed by atoms with Crippen molar-refractivity contribution in [2.45, 2.75) is 37.0 Å². The molecule has 98 valence electrons. The Labute approximate surface area is 111 Å². The van der Waals surface area contributed by atoms with Crippen LogP contribution in [0.1, 0.15) is 24.6 Å². The van der Waals surface area contributed by atoms with E-state index in [1.165, 1.54) is 11.9 Å². The average Bonchev–Trinajstić information content (AvgIpc) is 2.92. The van der Waals surface area contributed by atoms with Gasteiger partial charge in [0.05, 0.1) is 5.69 Å². The van der Waals surface area contributed by atoms with Crippen molar-refractivity contribution in [3.8, 4) is 0 Å². The highest BCUT2D eigenvalue weighted by atomic mass is 32.2. The van der Waals surface area contributed by atoms with Gasteiger partial charge in [-0.2, -0.15) is 10.2 Å².